The van der Waals surface area contributed by atoms with E-state index in [1.807, 2.05) is 6.20 Å². The van der Waals surface area contributed by atoms with Crippen LogP contribution in [0.5, 0.6) is 0 Å². The van der Waals surface area contributed by atoms with Crippen LogP contribution in [0.4, 0.5) is 5.82 Å². The van der Waals surface area contributed by atoms with Crippen LogP contribution in [-0.2, 0) is 6.42 Å². The van der Waals surface area contributed by atoms with E-state index in [-0.39, 0.29) is 0 Å². The Morgan fingerprint density at radius 1 is 1.11 bits per heavy atom. The fraction of sp³-hybridized carbons (Fsp3) is 0.667. The SMILES string of the molecule is CC(C)CN(CC(C)C)c1ccc(CCN)cn1. The first kappa shape index (κ1) is 15.0. The third-order valence-corrected chi connectivity index (χ3v) is 2.74. The van der Waals surface area contributed by atoms with E-state index in [1.165, 1.54) is 5.56 Å². The van der Waals surface area contributed by atoms with Crippen molar-refractivity contribution in [3.8, 4) is 0 Å². The summed E-state index contributed by atoms with van der Waals surface area (Å²) in [6.07, 6.45) is 2.86. The number of hydrogen-bond acceptors (Lipinski definition) is 3. The van der Waals surface area contributed by atoms with Crippen LogP contribution in [0.15, 0.2) is 18.3 Å². The molecule has 3 heteroatoms. The lowest BCUT2D eigenvalue weighted by atomic mass is 10.1. The molecule has 0 fully saturated rings. The van der Waals surface area contributed by atoms with Crippen molar-refractivity contribution in [1.29, 1.82) is 0 Å². The van der Waals surface area contributed by atoms with Gasteiger partial charge in [-0.1, -0.05) is 33.8 Å². The third kappa shape index (κ3) is 5.05. The van der Waals surface area contributed by atoms with Crippen molar-refractivity contribution in [2.75, 3.05) is 24.5 Å². The number of nitrogens with two attached hydrogens (primary N) is 1. The summed E-state index contributed by atoms with van der Waals surface area (Å²) in [7, 11) is 0. The van der Waals surface area contributed by atoms with Crippen molar-refractivity contribution in [3.63, 3.8) is 0 Å². The number of pyridine rings is 1. The normalized spacial score (nSPS) is 11.3. The second-order valence-corrected chi connectivity index (χ2v) is 5.76. The Morgan fingerprint density at radius 3 is 2.11 bits per heavy atom. The van der Waals surface area contributed by atoms with E-state index in [9.17, 15) is 0 Å². The molecule has 0 saturated heterocycles. The smallest absolute Gasteiger partial charge is 0.128 e. The molecule has 0 aromatic carbocycles. The Bertz CT molecular complexity index is 320. The zero-order valence-corrected chi connectivity index (χ0v) is 12.2. The van der Waals surface area contributed by atoms with Gasteiger partial charge < -0.3 is 10.6 Å². The molecule has 0 unspecified atom stereocenters. The molecule has 1 aromatic rings. The molecule has 18 heavy (non-hydrogen) atoms. The molecule has 0 amide bonds. The summed E-state index contributed by atoms with van der Waals surface area (Å²) >= 11 is 0. The Kier molecular flexibility index (Phi) is 6.13. The maximum absolute atomic E-state index is 5.55. The molecule has 1 rings (SSSR count). The maximum atomic E-state index is 5.55. The fourth-order valence-electron chi connectivity index (χ4n) is 2.06. The molecule has 3 nitrogen and oxygen atoms in total. The lowest BCUT2D eigenvalue weighted by Crippen LogP contribution is -2.32. The van der Waals surface area contributed by atoms with E-state index < -0.39 is 0 Å². The van der Waals surface area contributed by atoms with E-state index in [0.29, 0.717) is 18.4 Å². The number of nitrogens with zero attached hydrogens (tertiary/aromatic N) is 2. The first-order valence-corrected chi connectivity index (χ1v) is 6.92. The van der Waals surface area contributed by atoms with Crippen LogP contribution < -0.4 is 10.6 Å². The van der Waals surface area contributed by atoms with Crippen molar-refractivity contribution >= 4 is 5.82 Å². The summed E-state index contributed by atoms with van der Waals surface area (Å²) in [4.78, 5) is 6.95. The standard InChI is InChI=1S/C15H27N3/c1-12(2)10-18(11-13(3)4)15-6-5-14(7-8-16)9-17-15/h5-6,9,12-13H,7-8,10-11,16H2,1-4H3. The van der Waals surface area contributed by atoms with Crippen LogP contribution in [-0.4, -0.2) is 24.6 Å². The van der Waals surface area contributed by atoms with E-state index in [0.717, 1.165) is 25.3 Å². The van der Waals surface area contributed by atoms with Crippen LogP contribution in [0.3, 0.4) is 0 Å². The summed E-state index contributed by atoms with van der Waals surface area (Å²) in [5.74, 6) is 2.38. The molecule has 0 bridgehead atoms. The van der Waals surface area contributed by atoms with Crippen LogP contribution >= 0.6 is 0 Å². The largest absolute Gasteiger partial charge is 0.356 e. The Balaban J connectivity index is 2.77. The summed E-state index contributed by atoms with van der Waals surface area (Å²) in [6, 6.07) is 4.26. The minimum atomic E-state index is 0.647. The van der Waals surface area contributed by atoms with Gasteiger partial charge in [0.05, 0.1) is 0 Å². The molecule has 0 atom stereocenters. The van der Waals surface area contributed by atoms with Gasteiger partial charge in [0.1, 0.15) is 5.82 Å². The second kappa shape index (κ2) is 7.37. The monoisotopic (exact) mass is 249 g/mol. The highest BCUT2D eigenvalue weighted by atomic mass is 15.2. The van der Waals surface area contributed by atoms with E-state index in [4.69, 9.17) is 5.73 Å². The molecule has 0 spiro atoms. The highest BCUT2D eigenvalue weighted by Crippen LogP contribution is 2.15. The van der Waals surface area contributed by atoms with Gasteiger partial charge in [-0.25, -0.2) is 4.98 Å². The minimum absolute atomic E-state index is 0.647. The zero-order valence-electron chi connectivity index (χ0n) is 12.2. The Hall–Kier alpha value is -1.09. The van der Waals surface area contributed by atoms with E-state index in [2.05, 4.69) is 49.7 Å². The first-order valence-electron chi connectivity index (χ1n) is 6.92. The number of aromatic nitrogens is 1. The zero-order chi connectivity index (χ0) is 13.5. The average Bonchev–Trinajstić information content (AvgIpc) is 2.28. The summed E-state index contributed by atoms with van der Waals surface area (Å²) < 4.78 is 0. The number of rotatable bonds is 7. The van der Waals surface area contributed by atoms with Crippen LogP contribution in [0, 0.1) is 11.8 Å². The van der Waals surface area contributed by atoms with Gasteiger partial charge in [0.25, 0.3) is 0 Å². The highest BCUT2D eigenvalue weighted by molar-refractivity contribution is 5.39. The maximum Gasteiger partial charge on any atom is 0.128 e. The fourth-order valence-corrected chi connectivity index (χ4v) is 2.06. The third-order valence-electron chi connectivity index (χ3n) is 2.74. The second-order valence-electron chi connectivity index (χ2n) is 5.76. The predicted octanol–water partition coefficient (Wildman–Crippen LogP) is 2.70. The van der Waals surface area contributed by atoms with Gasteiger partial charge in [-0.3, -0.25) is 0 Å². The van der Waals surface area contributed by atoms with Gasteiger partial charge in [0.15, 0.2) is 0 Å². The molecular formula is C15H27N3. The lowest BCUT2D eigenvalue weighted by Gasteiger charge is -2.27. The molecule has 0 aliphatic carbocycles. The topological polar surface area (TPSA) is 42.1 Å². The molecular weight excluding hydrogens is 222 g/mol. The molecule has 0 saturated carbocycles. The quantitative estimate of drug-likeness (QED) is 0.808. The van der Waals surface area contributed by atoms with Crippen molar-refractivity contribution in [1.82, 2.24) is 4.98 Å². The van der Waals surface area contributed by atoms with E-state index >= 15 is 0 Å². The summed E-state index contributed by atoms with van der Waals surface area (Å²) in [5.41, 5.74) is 6.77. The molecule has 0 aliphatic heterocycles. The lowest BCUT2D eigenvalue weighted by molar-refractivity contribution is 0.548. The van der Waals surface area contributed by atoms with Gasteiger partial charge in [-0.15, -0.1) is 0 Å². The van der Waals surface area contributed by atoms with Crippen molar-refractivity contribution in [2.24, 2.45) is 17.6 Å². The van der Waals surface area contributed by atoms with E-state index in [1.54, 1.807) is 0 Å². The van der Waals surface area contributed by atoms with Gasteiger partial charge in [0, 0.05) is 19.3 Å². The summed E-state index contributed by atoms with van der Waals surface area (Å²) in [6.45, 7) is 11.8. The van der Waals surface area contributed by atoms with Gasteiger partial charge in [0.2, 0.25) is 0 Å². The molecule has 0 radical (unpaired) electrons. The van der Waals surface area contributed by atoms with Crippen LogP contribution in [0.25, 0.3) is 0 Å². The average molecular weight is 249 g/mol. The van der Waals surface area contributed by atoms with Crippen molar-refractivity contribution < 1.29 is 0 Å². The predicted molar refractivity (Wildman–Crippen MR) is 78.9 cm³/mol. The van der Waals surface area contributed by atoms with Crippen molar-refractivity contribution in [2.45, 2.75) is 34.1 Å². The van der Waals surface area contributed by atoms with Gasteiger partial charge in [-0.2, -0.15) is 0 Å². The summed E-state index contributed by atoms with van der Waals surface area (Å²) in [5, 5.41) is 0. The van der Waals surface area contributed by atoms with Gasteiger partial charge >= 0.3 is 0 Å². The molecule has 102 valence electrons. The Morgan fingerprint density at radius 2 is 1.72 bits per heavy atom. The number of anilines is 1. The van der Waals surface area contributed by atoms with Gasteiger partial charge in [-0.05, 0) is 36.4 Å². The Labute approximate surface area is 111 Å². The highest BCUT2D eigenvalue weighted by Gasteiger charge is 2.11. The molecule has 0 aliphatic rings. The first-order chi connectivity index (χ1) is 8.52. The molecule has 1 heterocycles. The van der Waals surface area contributed by atoms with Crippen LogP contribution in [0.1, 0.15) is 33.3 Å². The minimum Gasteiger partial charge on any atom is -0.356 e. The number of hydrogen-bond donors (Lipinski definition) is 1. The van der Waals surface area contributed by atoms with Crippen molar-refractivity contribution in [3.05, 3.63) is 23.9 Å². The molecule has 2 N–H and O–H groups in total. The van der Waals surface area contributed by atoms with Crippen LogP contribution in [0.2, 0.25) is 0 Å². The molecule has 1 aromatic heterocycles.